The van der Waals surface area contributed by atoms with Crippen molar-refractivity contribution >= 4 is 66.2 Å². The van der Waals surface area contributed by atoms with Crippen LogP contribution in [0, 0.1) is 0 Å². The number of aromatic nitrogens is 1. The number of amides is 1. The van der Waals surface area contributed by atoms with Crippen LogP contribution in [0.1, 0.15) is 9.67 Å². The van der Waals surface area contributed by atoms with Gasteiger partial charge in [-0.25, -0.2) is 0 Å². The first-order valence-corrected chi connectivity index (χ1v) is 8.61. The summed E-state index contributed by atoms with van der Waals surface area (Å²) in [6, 6.07) is 11.5. The number of pyridine rings is 1. The average molecular weight is 345 g/mol. The van der Waals surface area contributed by atoms with Gasteiger partial charge in [0.2, 0.25) is 0 Å². The number of anilines is 1. The summed E-state index contributed by atoms with van der Waals surface area (Å²) in [7, 11) is 0. The number of nitrogens with one attached hydrogen (secondary N) is 1. The van der Waals surface area contributed by atoms with Crippen molar-refractivity contribution in [3.8, 4) is 0 Å². The molecule has 0 radical (unpaired) electrons. The number of rotatable bonds is 2. The average Bonchev–Trinajstić information content (AvgIpc) is 3.10. The normalized spacial score (nSPS) is 11.1. The lowest BCUT2D eigenvalue weighted by Gasteiger charge is -2.05. The monoisotopic (exact) mass is 344 g/mol. The van der Waals surface area contributed by atoms with Crippen molar-refractivity contribution in [3.63, 3.8) is 0 Å². The molecule has 0 aliphatic carbocycles. The molecule has 6 heteroatoms. The van der Waals surface area contributed by atoms with Gasteiger partial charge in [-0.15, -0.1) is 22.7 Å². The molecule has 0 bridgehead atoms. The van der Waals surface area contributed by atoms with E-state index in [1.165, 1.54) is 11.3 Å². The molecule has 108 valence electrons. The molecule has 0 atom stereocenters. The van der Waals surface area contributed by atoms with E-state index >= 15 is 0 Å². The minimum absolute atomic E-state index is 0.186. The van der Waals surface area contributed by atoms with Crippen molar-refractivity contribution in [1.29, 1.82) is 0 Å². The Morgan fingerprint density at radius 2 is 2.14 bits per heavy atom. The second-order valence-electron chi connectivity index (χ2n) is 4.72. The first-order valence-electron chi connectivity index (χ1n) is 6.54. The van der Waals surface area contributed by atoms with E-state index in [4.69, 9.17) is 11.6 Å². The molecular formula is C16H9ClN2OS2. The van der Waals surface area contributed by atoms with E-state index in [1.54, 1.807) is 17.5 Å². The molecule has 0 aliphatic heterocycles. The highest BCUT2D eigenvalue weighted by molar-refractivity contribution is 7.29. The number of halogens is 1. The van der Waals surface area contributed by atoms with Gasteiger partial charge in [-0.1, -0.05) is 23.7 Å². The molecule has 3 aromatic heterocycles. The standard InChI is InChI=1S/C16H9ClN2OS2/c17-13-14-12(5-7-21-14)22-15(13)16(20)19-10-4-3-9-2-1-6-18-11(9)8-10/h1-8H,(H,19,20). The number of benzene rings is 1. The Morgan fingerprint density at radius 1 is 1.23 bits per heavy atom. The summed E-state index contributed by atoms with van der Waals surface area (Å²) in [5.41, 5.74) is 1.56. The lowest BCUT2D eigenvalue weighted by atomic mass is 10.2. The van der Waals surface area contributed by atoms with Gasteiger partial charge in [0.25, 0.3) is 5.91 Å². The predicted octanol–water partition coefficient (Wildman–Crippen LogP) is 5.42. The van der Waals surface area contributed by atoms with Crippen molar-refractivity contribution < 1.29 is 4.79 Å². The van der Waals surface area contributed by atoms with Crippen LogP contribution in [-0.2, 0) is 0 Å². The van der Waals surface area contributed by atoms with Gasteiger partial charge in [-0.2, -0.15) is 0 Å². The van der Waals surface area contributed by atoms with Gasteiger partial charge in [-0.3, -0.25) is 9.78 Å². The molecule has 1 N–H and O–H groups in total. The van der Waals surface area contributed by atoms with Gasteiger partial charge in [0.05, 0.1) is 15.2 Å². The molecular weight excluding hydrogens is 336 g/mol. The fourth-order valence-electron chi connectivity index (χ4n) is 2.27. The van der Waals surface area contributed by atoms with Crippen LogP contribution < -0.4 is 5.32 Å². The lowest BCUT2D eigenvalue weighted by molar-refractivity contribution is 0.103. The largest absolute Gasteiger partial charge is 0.321 e. The number of hydrogen-bond acceptors (Lipinski definition) is 4. The third kappa shape index (κ3) is 2.27. The molecule has 3 heterocycles. The molecule has 3 nitrogen and oxygen atoms in total. The molecule has 0 saturated carbocycles. The summed E-state index contributed by atoms with van der Waals surface area (Å²) in [5.74, 6) is -0.186. The van der Waals surface area contributed by atoms with E-state index in [0.29, 0.717) is 15.6 Å². The van der Waals surface area contributed by atoms with E-state index in [9.17, 15) is 4.79 Å². The van der Waals surface area contributed by atoms with Crippen molar-refractivity contribution in [2.24, 2.45) is 0 Å². The van der Waals surface area contributed by atoms with Crippen LogP contribution >= 0.6 is 34.3 Å². The number of nitrogens with zero attached hydrogens (tertiary/aromatic N) is 1. The van der Waals surface area contributed by atoms with Crippen LogP contribution in [0.15, 0.2) is 48.0 Å². The van der Waals surface area contributed by atoms with Crippen LogP contribution in [0.5, 0.6) is 0 Å². The van der Waals surface area contributed by atoms with Crippen LogP contribution in [0.25, 0.3) is 20.3 Å². The molecule has 0 spiro atoms. The van der Waals surface area contributed by atoms with E-state index in [-0.39, 0.29) is 5.91 Å². The van der Waals surface area contributed by atoms with E-state index in [1.807, 2.05) is 41.8 Å². The minimum Gasteiger partial charge on any atom is -0.321 e. The van der Waals surface area contributed by atoms with E-state index in [0.717, 1.165) is 20.3 Å². The van der Waals surface area contributed by atoms with E-state index < -0.39 is 0 Å². The summed E-state index contributed by atoms with van der Waals surface area (Å²) >= 11 is 9.26. The molecule has 1 amide bonds. The van der Waals surface area contributed by atoms with Gasteiger partial charge in [0.15, 0.2) is 0 Å². The van der Waals surface area contributed by atoms with Crippen molar-refractivity contribution in [2.45, 2.75) is 0 Å². The first-order chi connectivity index (χ1) is 10.7. The van der Waals surface area contributed by atoms with Crippen LogP contribution in [0.4, 0.5) is 5.69 Å². The van der Waals surface area contributed by atoms with Gasteiger partial charge >= 0.3 is 0 Å². The summed E-state index contributed by atoms with van der Waals surface area (Å²) < 4.78 is 2.01. The number of thiophene rings is 2. The zero-order valence-electron chi connectivity index (χ0n) is 11.2. The maximum Gasteiger partial charge on any atom is 0.267 e. The van der Waals surface area contributed by atoms with Crippen LogP contribution in [0.3, 0.4) is 0 Å². The summed E-state index contributed by atoms with van der Waals surface area (Å²) in [6.45, 7) is 0. The molecule has 0 saturated heterocycles. The third-order valence-corrected chi connectivity index (χ3v) is 6.13. The highest BCUT2D eigenvalue weighted by atomic mass is 35.5. The molecule has 22 heavy (non-hydrogen) atoms. The molecule has 0 fully saturated rings. The maximum absolute atomic E-state index is 12.4. The molecule has 0 aliphatic rings. The summed E-state index contributed by atoms with van der Waals surface area (Å²) in [4.78, 5) is 17.3. The first kappa shape index (κ1) is 13.7. The van der Waals surface area contributed by atoms with Gasteiger partial charge in [0.1, 0.15) is 4.88 Å². The summed E-state index contributed by atoms with van der Waals surface area (Å²) in [6.07, 6.45) is 1.73. The quantitative estimate of drug-likeness (QED) is 0.527. The number of carbonyl (C=O) groups excluding carboxylic acids is 1. The Hall–Kier alpha value is -1.95. The Kier molecular flexibility index (Phi) is 3.33. The van der Waals surface area contributed by atoms with Gasteiger partial charge in [-0.05, 0) is 29.6 Å². The zero-order chi connectivity index (χ0) is 15.1. The molecule has 1 aromatic carbocycles. The van der Waals surface area contributed by atoms with Crippen molar-refractivity contribution in [1.82, 2.24) is 4.98 Å². The highest BCUT2D eigenvalue weighted by Crippen LogP contribution is 2.39. The van der Waals surface area contributed by atoms with Crippen LogP contribution in [-0.4, -0.2) is 10.9 Å². The fraction of sp³-hybridized carbons (Fsp3) is 0. The topological polar surface area (TPSA) is 42.0 Å². The highest BCUT2D eigenvalue weighted by Gasteiger charge is 2.18. The number of carbonyl (C=O) groups is 1. The number of hydrogen-bond donors (Lipinski definition) is 1. The summed E-state index contributed by atoms with van der Waals surface area (Å²) in [5, 5.41) is 6.44. The van der Waals surface area contributed by atoms with E-state index in [2.05, 4.69) is 10.3 Å². The fourth-order valence-corrected chi connectivity index (χ4v) is 4.80. The third-order valence-electron chi connectivity index (χ3n) is 3.31. The lowest BCUT2D eigenvalue weighted by Crippen LogP contribution is -2.10. The minimum atomic E-state index is -0.186. The smallest absolute Gasteiger partial charge is 0.267 e. The Balaban J connectivity index is 1.67. The van der Waals surface area contributed by atoms with Gasteiger partial charge in [0, 0.05) is 22.0 Å². The van der Waals surface area contributed by atoms with Gasteiger partial charge < -0.3 is 5.32 Å². The molecule has 4 aromatic rings. The zero-order valence-corrected chi connectivity index (χ0v) is 13.6. The predicted molar refractivity (Wildman–Crippen MR) is 94.4 cm³/mol. The Labute approximate surface area is 139 Å². The Morgan fingerprint density at radius 3 is 3.00 bits per heavy atom. The number of fused-ring (bicyclic) bond motifs is 2. The SMILES string of the molecule is O=C(Nc1ccc2cccnc2c1)c1sc2ccsc2c1Cl. The second-order valence-corrected chi connectivity index (χ2v) is 7.07. The van der Waals surface area contributed by atoms with Crippen molar-refractivity contribution in [3.05, 3.63) is 57.9 Å². The Bertz CT molecular complexity index is 1010. The molecule has 4 rings (SSSR count). The molecule has 0 unspecified atom stereocenters. The van der Waals surface area contributed by atoms with Crippen LogP contribution in [0.2, 0.25) is 5.02 Å². The maximum atomic E-state index is 12.4. The van der Waals surface area contributed by atoms with Crippen molar-refractivity contribution in [2.75, 3.05) is 5.32 Å². The second kappa shape index (κ2) is 5.35.